The van der Waals surface area contributed by atoms with Gasteiger partial charge in [0, 0.05) is 41.5 Å². The highest BCUT2D eigenvalue weighted by molar-refractivity contribution is 7.09. The molecule has 0 fully saturated rings. The largest absolute Gasteiger partial charge is 0.494 e. The first-order valence-electron chi connectivity index (χ1n) is 7.14. The van der Waals surface area contributed by atoms with Crippen LogP contribution < -0.4 is 10.5 Å². The van der Waals surface area contributed by atoms with E-state index in [1.54, 1.807) is 23.7 Å². The van der Waals surface area contributed by atoms with Gasteiger partial charge in [0.25, 0.3) is 0 Å². The average Bonchev–Trinajstić information content (AvgIpc) is 3.01. The van der Waals surface area contributed by atoms with Crippen LogP contribution in [0.4, 0.5) is 5.69 Å². The molecule has 4 nitrogen and oxygen atoms in total. The zero-order chi connectivity index (χ0) is 15.2. The molecule has 5 heteroatoms. The van der Waals surface area contributed by atoms with E-state index in [2.05, 4.69) is 15.3 Å². The van der Waals surface area contributed by atoms with E-state index in [0.29, 0.717) is 6.61 Å². The van der Waals surface area contributed by atoms with Crippen molar-refractivity contribution in [1.82, 2.24) is 9.97 Å². The van der Waals surface area contributed by atoms with Gasteiger partial charge in [-0.15, -0.1) is 11.3 Å². The molecule has 1 aromatic carbocycles. The minimum Gasteiger partial charge on any atom is -0.494 e. The Labute approximate surface area is 133 Å². The molecule has 2 N–H and O–H groups in total. The maximum Gasteiger partial charge on any atom is 0.121 e. The molecule has 2 aromatic heterocycles. The van der Waals surface area contributed by atoms with Crippen LogP contribution in [-0.2, 0) is 6.42 Å². The molecule has 0 saturated heterocycles. The number of aromatic nitrogens is 2. The Balaban J connectivity index is 1.49. The molecule has 0 saturated carbocycles. The summed E-state index contributed by atoms with van der Waals surface area (Å²) < 4.78 is 5.69. The molecule has 0 radical (unpaired) electrons. The summed E-state index contributed by atoms with van der Waals surface area (Å²) in [5.41, 5.74) is 8.56. The molecule has 112 valence electrons. The van der Waals surface area contributed by atoms with Gasteiger partial charge in [-0.3, -0.25) is 4.98 Å². The Morgan fingerprint density at radius 3 is 2.82 bits per heavy atom. The van der Waals surface area contributed by atoms with Crippen molar-refractivity contribution in [3.05, 3.63) is 59.2 Å². The number of anilines is 1. The third kappa shape index (κ3) is 3.83. The van der Waals surface area contributed by atoms with Crippen molar-refractivity contribution in [2.75, 3.05) is 12.3 Å². The lowest BCUT2D eigenvalue weighted by atomic mass is 10.2. The maximum absolute atomic E-state index is 5.72. The second-order valence-corrected chi connectivity index (χ2v) is 5.83. The van der Waals surface area contributed by atoms with Crippen LogP contribution in [0.15, 0.2) is 54.2 Å². The highest BCUT2D eigenvalue weighted by atomic mass is 32.1. The van der Waals surface area contributed by atoms with Gasteiger partial charge in [0.15, 0.2) is 0 Å². The lowest BCUT2D eigenvalue weighted by Gasteiger charge is -2.05. The third-order valence-electron chi connectivity index (χ3n) is 3.19. The van der Waals surface area contributed by atoms with Crippen LogP contribution in [0.1, 0.15) is 11.4 Å². The lowest BCUT2D eigenvalue weighted by Crippen LogP contribution is -1.99. The standard InChI is InChI=1S/C17H17N3OS/c18-14-3-1-4-15(11-14)21-10-2-5-17-20-16(12-22-17)13-6-8-19-9-7-13/h1,3-4,6-9,11-12H,2,5,10,18H2. The van der Waals surface area contributed by atoms with Crippen LogP contribution in [0.3, 0.4) is 0 Å². The minimum atomic E-state index is 0.660. The molecule has 0 aliphatic heterocycles. The lowest BCUT2D eigenvalue weighted by molar-refractivity contribution is 0.311. The fourth-order valence-electron chi connectivity index (χ4n) is 2.10. The molecular formula is C17H17N3OS. The van der Waals surface area contributed by atoms with E-state index >= 15 is 0 Å². The summed E-state index contributed by atoms with van der Waals surface area (Å²) in [6.07, 6.45) is 5.41. The van der Waals surface area contributed by atoms with E-state index in [1.165, 1.54) is 0 Å². The zero-order valence-corrected chi connectivity index (χ0v) is 12.9. The van der Waals surface area contributed by atoms with Crippen LogP contribution in [-0.4, -0.2) is 16.6 Å². The minimum absolute atomic E-state index is 0.660. The van der Waals surface area contributed by atoms with Crippen molar-refractivity contribution in [3.8, 4) is 17.0 Å². The number of hydrogen-bond donors (Lipinski definition) is 1. The molecular weight excluding hydrogens is 294 g/mol. The first-order chi connectivity index (χ1) is 10.8. The van der Waals surface area contributed by atoms with Crippen LogP contribution in [0.5, 0.6) is 5.75 Å². The molecule has 0 spiro atoms. The van der Waals surface area contributed by atoms with Crippen LogP contribution in [0, 0.1) is 0 Å². The molecule has 0 atom stereocenters. The summed E-state index contributed by atoms with van der Waals surface area (Å²) in [4.78, 5) is 8.68. The highest BCUT2D eigenvalue weighted by Crippen LogP contribution is 2.22. The fraction of sp³-hybridized carbons (Fsp3) is 0.176. The fourth-order valence-corrected chi connectivity index (χ4v) is 2.95. The monoisotopic (exact) mass is 311 g/mol. The Morgan fingerprint density at radius 2 is 2.00 bits per heavy atom. The number of ether oxygens (including phenoxy) is 1. The molecule has 0 amide bonds. The molecule has 0 aliphatic carbocycles. The highest BCUT2D eigenvalue weighted by Gasteiger charge is 2.04. The summed E-state index contributed by atoms with van der Waals surface area (Å²) in [5.74, 6) is 0.816. The van der Waals surface area contributed by atoms with Crippen molar-refractivity contribution in [1.29, 1.82) is 0 Å². The van der Waals surface area contributed by atoms with Gasteiger partial charge in [-0.2, -0.15) is 0 Å². The molecule has 0 bridgehead atoms. The number of thiazole rings is 1. The maximum atomic E-state index is 5.72. The second kappa shape index (κ2) is 7.04. The van der Waals surface area contributed by atoms with Gasteiger partial charge in [0.05, 0.1) is 17.3 Å². The predicted molar refractivity (Wildman–Crippen MR) is 90.0 cm³/mol. The number of nitrogens with two attached hydrogens (primary N) is 1. The number of pyridine rings is 1. The average molecular weight is 311 g/mol. The van der Waals surface area contributed by atoms with E-state index in [1.807, 2.05) is 36.4 Å². The summed E-state index contributed by atoms with van der Waals surface area (Å²) in [7, 11) is 0. The Morgan fingerprint density at radius 1 is 1.14 bits per heavy atom. The van der Waals surface area contributed by atoms with E-state index in [-0.39, 0.29) is 0 Å². The van der Waals surface area contributed by atoms with Gasteiger partial charge >= 0.3 is 0 Å². The van der Waals surface area contributed by atoms with Gasteiger partial charge in [-0.05, 0) is 30.7 Å². The van der Waals surface area contributed by atoms with Gasteiger partial charge in [-0.1, -0.05) is 6.07 Å². The number of hydrogen-bond acceptors (Lipinski definition) is 5. The Kier molecular flexibility index (Phi) is 4.65. The van der Waals surface area contributed by atoms with Gasteiger partial charge < -0.3 is 10.5 Å². The van der Waals surface area contributed by atoms with Crippen molar-refractivity contribution in [2.45, 2.75) is 12.8 Å². The number of nitrogens with zero attached hydrogens (tertiary/aromatic N) is 2. The van der Waals surface area contributed by atoms with Gasteiger partial charge in [0.1, 0.15) is 5.75 Å². The number of aryl methyl sites for hydroxylation is 1. The Hall–Kier alpha value is -2.40. The van der Waals surface area contributed by atoms with Gasteiger partial charge in [-0.25, -0.2) is 4.98 Å². The number of benzene rings is 1. The summed E-state index contributed by atoms with van der Waals surface area (Å²) in [6, 6.07) is 11.4. The van der Waals surface area contributed by atoms with Crippen LogP contribution in [0.2, 0.25) is 0 Å². The van der Waals surface area contributed by atoms with Crippen molar-refractivity contribution in [3.63, 3.8) is 0 Å². The summed E-state index contributed by atoms with van der Waals surface area (Å²) in [6.45, 7) is 0.660. The van der Waals surface area contributed by atoms with E-state index in [4.69, 9.17) is 10.5 Å². The molecule has 0 unspecified atom stereocenters. The number of nitrogen functional groups attached to an aromatic ring is 1. The summed E-state index contributed by atoms with van der Waals surface area (Å²) >= 11 is 1.69. The van der Waals surface area contributed by atoms with Gasteiger partial charge in [0.2, 0.25) is 0 Å². The van der Waals surface area contributed by atoms with Crippen molar-refractivity contribution in [2.24, 2.45) is 0 Å². The molecule has 3 rings (SSSR count). The van der Waals surface area contributed by atoms with E-state index in [0.717, 1.165) is 40.5 Å². The topological polar surface area (TPSA) is 61.0 Å². The first kappa shape index (κ1) is 14.5. The quantitative estimate of drug-likeness (QED) is 0.555. The zero-order valence-electron chi connectivity index (χ0n) is 12.1. The molecule has 3 aromatic rings. The molecule has 0 aliphatic rings. The predicted octanol–water partition coefficient (Wildman–Crippen LogP) is 3.80. The van der Waals surface area contributed by atoms with E-state index < -0.39 is 0 Å². The normalized spacial score (nSPS) is 10.5. The smallest absolute Gasteiger partial charge is 0.121 e. The molecule has 22 heavy (non-hydrogen) atoms. The van der Waals surface area contributed by atoms with Crippen LogP contribution in [0.25, 0.3) is 11.3 Å². The van der Waals surface area contributed by atoms with Crippen LogP contribution >= 0.6 is 11.3 Å². The third-order valence-corrected chi connectivity index (χ3v) is 4.10. The Bertz CT molecular complexity index is 728. The van der Waals surface area contributed by atoms with Crippen molar-refractivity contribution < 1.29 is 4.74 Å². The number of rotatable bonds is 6. The second-order valence-electron chi connectivity index (χ2n) is 4.89. The summed E-state index contributed by atoms with van der Waals surface area (Å²) in [5, 5.41) is 3.21. The SMILES string of the molecule is Nc1cccc(OCCCc2nc(-c3ccncc3)cs2)c1. The first-order valence-corrected chi connectivity index (χ1v) is 8.02. The van der Waals surface area contributed by atoms with Crippen molar-refractivity contribution >= 4 is 17.0 Å². The molecule has 2 heterocycles. The van der Waals surface area contributed by atoms with E-state index in [9.17, 15) is 0 Å².